The topological polar surface area (TPSA) is 69.2 Å². The molecule has 1 saturated heterocycles. The Morgan fingerprint density at radius 1 is 1.18 bits per heavy atom. The molecule has 2 N–H and O–H groups in total. The zero-order valence-electron chi connectivity index (χ0n) is 18.4. The van der Waals surface area contributed by atoms with Gasteiger partial charge in [0.15, 0.2) is 5.96 Å². The van der Waals surface area contributed by atoms with Crippen LogP contribution in [0.1, 0.15) is 52.4 Å². The average molecular weight is 396 g/mol. The van der Waals surface area contributed by atoms with Gasteiger partial charge >= 0.3 is 0 Å². The van der Waals surface area contributed by atoms with Crippen molar-refractivity contribution < 1.29 is 9.53 Å². The summed E-state index contributed by atoms with van der Waals surface area (Å²) < 4.78 is 5.53. The monoisotopic (exact) mass is 395 g/mol. The van der Waals surface area contributed by atoms with Crippen molar-refractivity contribution in [3.63, 3.8) is 0 Å². The van der Waals surface area contributed by atoms with Gasteiger partial charge in [-0.3, -0.25) is 9.69 Å². The Morgan fingerprint density at radius 2 is 1.86 bits per heavy atom. The van der Waals surface area contributed by atoms with Crippen LogP contribution in [0.2, 0.25) is 0 Å². The van der Waals surface area contributed by atoms with Crippen molar-refractivity contribution >= 4 is 11.9 Å². The van der Waals surface area contributed by atoms with Gasteiger partial charge < -0.3 is 20.3 Å². The van der Waals surface area contributed by atoms with E-state index in [9.17, 15) is 4.79 Å². The van der Waals surface area contributed by atoms with Gasteiger partial charge in [-0.2, -0.15) is 0 Å². The van der Waals surface area contributed by atoms with Crippen molar-refractivity contribution in [2.24, 2.45) is 10.9 Å². The molecule has 2 aliphatic rings. The number of nitrogens with zero attached hydrogens (tertiary/aromatic N) is 3. The van der Waals surface area contributed by atoms with E-state index in [-0.39, 0.29) is 12.5 Å². The molecule has 7 nitrogen and oxygen atoms in total. The van der Waals surface area contributed by atoms with E-state index in [1.54, 1.807) is 19.0 Å². The van der Waals surface area contributed by atoms with Gasteiger partial charge in [0.1, 0.15) is 6.54 Å². The van der Waals surface area contributed by atoms with Crippen molar-refractivity contribution in [1.82, 2.24) is 20.4 Å². The Labute approximate surface area is 171 Å². The van der Waals surface area contributed by atoms with Crippen LogP contribution in [-0.2, 0) is 9.53 Å². The number of hydrogen-bond acceptors (Lipinski definition) is 4. The number of carbonyl (C=O) groups excluding carboxylic acids is 1. The maximum absolute atomic E-state index is 12.0. The Morgan fingerprint density at radius 3 is 2.46 bits per heavy atom. The minimum absolute atomic E-state index is 0.0247. The van der Waals surface area contributed by atoms with Crippen molar-refractivity contribution in [3.8, 4) is 0 Å². The summed E-state index contributed by atoms with van der Waals surface area (Å²) in [6, 6.07) is 0.910. The molecule has 2 fully saturated rings. The molecule has 0 aromatic rings. The second-order valence-corrected chi connectivity index (χ2v) is 8.74. The van der Waals surface area contributed by atoms with E-state index >= 15 is 0 Å². The van der Waals surface area contributed by atoms with Crippen LogP contribution in [0.4, 0.5) is 0 Å². The molecule has 0 bridgehead atoms. The molecular weight excluding hydrogens is 354 g/mol. The number of aliphatic imine (C=N–C) groups is 1. The van der Waals surface area contributed by atoms with Crippen molar-refractivity contribution in [3.05, 3.63) is 0 Å². The molecule has 0 aromatic carbocycles. The van der Waals surface area contributed by atoms with Gasteiger partial charge in [0.2, 0.25) is 5.91 Å². The van der Waals surface area contributed by atoms with Crippen LogP contribution >= 0.6 is 0 Å². The first-order valence-electron chi connectivity index (χ1n) is 11.0. The van der Waals surface area contributed by atoms with Crippen LogP contribution in [0, 0.1) is 5.92 Å². The lowest BCUT2D eigenvalue weighted by molar-refractivity contribution is -0.127. The molecule has 2 rings (SSSR count). The molecular formula is C21H41N5O2. The largest absolute Gasteiger partial charge is 0.379 e. The second-order valence-electron chi connectivity index (χ2n) is 8.74. The highest BCUT2D eigenvalue weighted by Gasteiger charge is 2.23. The van der Waals surface area contributed by atoms with E-state index < -0.39 is 0 Å². The lowest BCUT2D eigenvalue weighted by Crippen LogP contribution is -2.52. The van der Waals surface area contributed by atoms with Gasteiger partial charge in [0.05, 0.1) is 13.2 Å². The third-order valence-electron chi connectivity index (χ3n) is 5.63. The Kier molecular flexibility index (Phi) is 10.1. The molecule has 1 heterocycles. The molecule has 1 unspecified atom stereocenters. The van der Waals surface area contributed by atoms with Crippen molar-refractivity contribution in [2.75, 3.05) is 53.5 Å². The predicted octanol–water partition coefficient (Wildman–Crippen LogP) is 1.69. The van der Waals surface area contributed by atoms with Gasteiger partial charge in [-0.1, -0.05) is 33.1 Å². The van der Waals surface area contributed by atoms with Crippen LogP contribution < -0.4 is 10.6 Å². The summed E-state index contributed by atoms with van der Waals surface area (Å²) in [5.74, 6) is 1.44. The number of morpholine rings is 1. The summed E-state index contributed by atoms with van der Waals surface area (Å²) in [5.41, 5.74) is 0. The molecule has 0 aromatic heterocycles. The van der Waals surface area contributed by atoms with Crippen molar-refractivity contribution in [1.29, 1.82) is 0 Å². The zero-order chi connectivity index (χ0) is 20.4. The molecule has 1 aliphatic heterocycles. The quantitative estimate of drug-likeness (QED) is 0.483. The highest BCUT2D eigenvalue weighted by molar-refractivity contribution is 5.84. The maximum Gasteiger partial charge on any atom is 0.243 e. The lowest BCUT2D eigenvalue weighted by Gasteiger charge is -2.36. The molecule has 1 amide bonds. The van der Waals surface area contributed by atoms with E-state index in [1.807, 2.05) is 0 Å². The van der Waals surface area contributed by atoms with E-state index in [0.717, 1.165) is 45.2 Å². The summed E-state index contributed by atoms with van der Waals surface area (Å²) in [5, 5.41) is 7.14. The number of likely N-dealkylation sites (N-methyl/N-ethyl adjacent to an activating group) is 1. The second kappa shape index (κ2) is 12.3. The Bertz CT molecular complexity index is 483. The standard InChI is InChI=1S/C21H41N5O2/c1-17(2)14-19(26-10-12-28-13-11-26)15-22-21(23-16-20(27)25(3)4)24-18-8-6-5-7-9-18/h17-19H,5-16H2,1-4H3,(H2,22,23,24). The fourth-order valence-corrected chi connectivity index (χ4v) is 3.94. The fourth-order valence-electron chi connectivity index (χ4n) is 3.94. The molecule has 7 heteroatoms. The van der Waals surface area contributed by atoms with Gasteiger partial charge in [-0.05, 0) is 25.2 Å². The van der Waals surface area contributed by atoms with Gasteiger partial charge in [0.25, 0.3) is 0 Å². The number of hydrogen-bond donors (Lipinski definition) is 2. The number of nitrogens with one attached hydrogen (secondary N) is 2. The summed E-state index contributed by atoms with van der Waals surface area (Å²) in [4.78, 5) is 20.7. The first-order chi connectivity index (χ1) is 13.5. The Balaban J connectivity index is 1.98. The number of guanidine groups is 1. The zero-order valence-corrected chi connectivity index (χ0v) is 18.4. The van der Waals surface area contributed by atoms with E-state index in [2.05, 4.69) is 34.4 Å². The molecule has 162 valence electrons. The first-order valence-corrected chi connectivity index (χ1v) is 11.0. The Hall–Kier alpha value is -1.34. The maximum atomic E-state index is 12.0. The van der Waals surface area contributed by atoms with Crippen LogP contribution in [0.15, 0.2) is 4.99 Å². The molecule has 1 saturated carbocycles. The van der Waals surface area contributed by atoms with E-state index in [4.69, 9.17) is 4.74 Å². The van der Waals surface area contributed by atoms with E-state index in [1.165, 1.54) is 32.1 Å². The molecule has 1 atom stereocenters. The van der Waals surface area contributed by atoms with Crippen molar-refractivity contribution in [2.45, 2.75) is 64.5 Å². The molecule has 0 spiro atoms. The highest BCUT2D eigenvalue weighted by atomic mass is 16.5. The predicted molar refractivity (Wildman–Crippen MR) is 115 cm³/mol. The van der Waals surface area contributed by atoms with E-state index in [0.29, 0.717) is 18.0 Å². The highest BCUT2D eigenvalue weighted by Crippen LogP contribution is 2.17. The van der Waals surface area contributed by atoms with Gasteiger partial charge in [0, 0.05) is 45.8 Å². The summed E-state index contributed by atoms with van der Waals surface area (Å²) in [6.45, 7) is 9.17. The summed E-state index contributed by atoms with van der Waals surface area (Å²) >= 11 is 0. The minimum atomic E-state index is 0.0247. The fraction of sp³-hybridized carbons (Fsp3) is 0.905. The number of ether oxygens (including phenoxy) is 1. The van der Waals surface area contributed by atoms with Crippen LogP contribution in [0.25, 0.3) is 0 Å². The smallest absolute Gasteiger partial charge is 0.243 e. The molecule has 0 radical (unpaired) electrons. The minimum Gasteiger partial charge on any atom is -0.379 e. The van der Waals surface area contributed by atoms with Crippen LogP contribution in [0.3, 0.4) is 0 Å². The van der Waals surface area contributed by atoms with Gasteiger partial charge in [-0.25, -0.2) is 4.99 Å². The third kappa shape index (κ3) is 8.35. The SMILES string of the molecule is CC(C)CC(CNC(=NCC(=O)N(C)C)NC1CCCCC1)N1CCOCC1. The number of amides is 1. The summed E-state index contributed by atoms with van der Waals surface area (Å²) in [7, 11) is 3.55. The molecule has 1 aliphatic carbocycles. The van der Waals surface area contributed by atoms with Crippen LogP contribution in [-0.4, -0.2) is 87.2 Å². The van der Waals surface area contributed by atoms with Crippen LogP contribution in [0.5, 0.6) is 0 Å². The third-order valence-corrected chi connectivity index (χ3v) is 5.63. The molecule has 28 heavy (non-hydrogen) atoms. The normalized spacial score (nSPS) is 20.8. The number of rotatable bonds is 8. The average Bonchev–Trinajstić information content (AvgIpc) is 2.69. The first kappa shape index (κ1) is 22.9. The summed E-state index contributed by atoms with van der Waals surface area (Å²) in [6.07, 6.45) is 7.37. The number of carbonyl (C=O) groups is 1. The van der Waals surface area contributed by atoms with Gasteiger partial charge in [-0.15, -0.1) is 0 Å². The lowest BCUT2D eigenvalue weighted by atomic mass is 9.96.